The summed E-state index contributed by atoms with van der Waals surface area (Å²) in [6, 6.07) is 13.0. The standard InChI is InChI=1S/C23H16FNO7/c1-32-23(31)17-9-4-13(12-2-6-15(24)7-3-12)11-19(17)25-20(26)16-8-5-14(21(27)28)10-18(16)22(29)30/h2-11H,1H3,(H,25,26)(H,27,28)(H,29,30). The molecule has 32 heavy (non-hydrogen) atoms. The number of aromatic carboxylic acids is 2. The Morgan fingerprint density at radius 3 is 2.00 bits per heavy atom. The van der Waals surface area contributed by atoms with E-state index >= 15 is 0 Å². The lowest BCUT2D eigenvalue weighted by Gasteiger charge is -2.13. The number of halogens is 1. The Kier molecular flexibility index (Phi) is 6.29. The maximum atomic E-state index is 13.2. The Hall–Kier alpha value is -4.53. The molecule has 0 aliphatic carbocycles. The third kappa shape index (κ3) is 4.62. The number of hydrogen-bond acceptors (Lipinski definition) is 5. The van der Waals surface area contributed by atoms with Crippen molar-refractivity contribution < 1.29 is 38.5 Å². The van der Waals surface area contributed by atoms with Crippen molar-refractivity contribution in [3.05, 3.63) is 88.7 Å². The number of anilines is 1. The molecule has 8 nitrogen and oxygen atoms in total. The number of ether oxygens (including phenoxy) is 1. The van der Waals surface area contributed by atoms with Crippen LogP contribution < -0.4 is 5.32 Å². The Labute approximate surface area is 180 Å². The zero-order valence-electron chi connectivity index (χ0n) is 16.6. The van der Waals surface area contributed by atoms with Crippen LogP contribution >= 0.6 is 0 Å². The number of benzene rings is 3. The second-order valence-electron chi connectivity index (χ2n) is 6.58. The SMILES string of the molecule is COC(=O)c1ccc(-c2ccc(F)cc2)cc1NC(=O)c1ccc(C(=O)O)cc1C(=O)O. The maximum Gasteiger partial charge on any atom is 0.339 e. The number of carboxylic acids is 2. The monoisotopic (exact) mass is 437 g/mol. The molecule has 162 valence electrons. The molecule has 3 aromatic rings. The van der Waals surface area contributed by atoms with E-state index in [2.05, 4.69) is 5.32 Å². The average Bonchev–Trinajstić information content (AvgIpc) is 2.78. The van der Waals surface area contributed by atoms with E-state index < -0.39 is 35.2 Å². The first-order valence-corrected chi connectivity index (χ1v) is 9.11. The number of nitrogens with one attached hydrogen (secondary N) is 1. The lowest BCUT2D eigenvalue weighted by molar-refractivity contribution is 0.0600. The van der Waals surface area contributed by atoms with Gasteiger partial charge in [-0.05, 0) is 53.6 Å². The number of methoxy groups -OCH3 is 1. The van der Waals surface area contributed by atoms with E-state index in [0.29, 0.717) is 11.1 Å². The molecule has 0 fully saturated rings. The number of rotatable bonds is 6. The van der Waals surface area contributed by atoms with E-state index in [1.54, 1.807) is 6.07 Å². The van der Waals surface area contributed by atoms with Crippen molar-refractivity contribution in [3.63, 3.8) is 0 Å². The average molecular weight is 437 g/mol. The molecule has 0 atom stereocenters. The fourth-order valence-corrected chi connectivity index (χ4v) is 3.00. The predicted molar refractivity (Wildman–Crippen MR) is 111 cm³/mol. The van der Waals surface area contributed by atoms with E-state index in [-0.39, 0.29) is 22.4 Å². The number of carboxylic acid groups (broad SMARTS) is 2. The smallest absolute Gasteiger partial charge is 0.339 e. The van der Waals surface area contributed by atoms with Gasteiger partial charge in [-0.25, -0.2) is 18.8 Å². The van der Waals surface area contributed by atoms with Crippen molar-refractivity contribution in [2.45, 2.75) is 0 Å². The summed E-state index contributed by atoms with van der Waals surface area (Å²) in [5.74, 6) is -4.89. The minimum absolute atomic E-state index is 0.00532. The molecular formula is C23H16FNO7. The molecule has 3 rings (SSSR count). The molecule has 0 spiro atoms. The highest BCUT2D eigenvalue weighted by Crippen LogP contribution is 2.27. The van der Waals surface area contributed by atoms with Crippen molar-refractivity contribution in [2.24, 2.45) is 0 Å². The molecule has 1 amide bonds. The molecular weight excluding hydrogens is 421 g/mol. The molecule has 0 aromatic heterocycles. The van der Waals surface area contributed by atoms with Crippen LogP contribution in [0.25, 0.3) is 11.1 Å². The minimum atomic E-state index is -1.49. The van der Waals surface area contributed by atoms with E-state index in [1.165, 1.54) is 36.4 Å². The van der Waals surface area contributed by atoms with Gasteiger partial charge in [0, 0.05) is 0 Å². The summed E-state index contributed by atoms with van der Waals surface area (Å²) in [4.78, 5) is 47.7. The van der Waals surface area contributed by atoms with Gasteiger partial charge in [0.1, 0.15) is 5.82 Å². The van der Waals surface area contributed by atoms with Crippen molar-refractivity contribution >= 4 is 29.5 Å². The van der Waals surface area contributed by atoms with Crippen molar-refractivity contribution in [1.82, 2.24) is 0 Å². The summed E-state index contributed by atoms with van der Waals surface area (Å²) >= 11 is 0. The second kappa shape index (κ2) is 9.09. The first-order valence-electron chi connectivity index (χ1n) is 9.11. The van der Waals surface area contributed by atoms with Crippen LogP contribution in [-0.2, 0) is 4.74 Å². The molecule has 0 aliphatic rings. The van der Waals surface area contributed by atoms with Gasteiger partial charge >= 0.3 is 17.9 Å². The summed E-state index contributed by atoms with van der Waals surface area (Å²) in [6.45, 7) is 0. The zero-order valence-corrected chi connectivity index (χ0v) is 16.6. The summed E-state index contributed by atoms with van der Waals surface area (Å²) < 4.78 is 18.0. The lowest BCUT2D eigenvalue weighted by Crippen LogP contribution is -2.19. The van der Waals surface area contributed by atoms with E-state index in [0.717, 1.165) is 25.3 Å². The molecule has 0 unspecified atom stereocenters. The van der Waals surface area contributed by atoms with Crippen LogP contribution in [0.5, 0.6) is 0 Å². The number of carbonyl (C=O) groups is 4. The van der Waals surface area contributed by atoms with Crippen LogP contribution in [0.1, 0.15) is 41.4 Å². The highest BCUT2D eigenvalue weighted by molar-refractivity contribution is 6.13. The first-order chi connectivity index (χ1) is 15.2. The van der Waals surface area contributed by atoms with Gasteiger partial charge in [-0.2, -0.15) is 0 Å². The van der Waals surface area contributed by atoms with Gasteiger partial charge < -0.3 is 20.3 Å². The maximum absolute atomic E-state index is 13.2. The van der Waals surface area contributed by atoms with Gasteiger partial charge in [0.25, 0.3) is 5.91 Å². The summed E-state index contributed by atoms with van der Waals surface area (Å²) in [6.07, 6.45) is 0. The van der Waals surface area contributed by atoms with Gasteiger partial charge in [0.2, 0.25) is 0 Å². The number of amides is 1. The van der Waals surface area contributed by atoms with Crippen LogP contribution in [0, 0.1) is 5.82 Å². The third-order valence-corrected chi connectivity index (χ3v) is 4.59. The minimum Gasteiger partial charge on any atom is -0.478 e. The number of hydrogen-bond donors (Lipinski definition) is 3. The van der Waals surface area contributed by atoms with Crippen LogP contribution in [0.3, 0.4) is 0 Å². The molecule has 3 aromatic carbocycles. The topological polar surface area (TPSA) is 130 Å². The molecule has 0 saturated carbocycles. The zero-order chi connectivity index (χ0) is 23.4. The van der Waals surface area contributed by atoms with Gasteiger partial charge in [0.15, 0.2) is 0 Å². The normalized spacial score (nSPS) is 10.3. The first kappa shape index (κ1) is 22.2. The molecule has 9 heteroatoms. The van der Waals surface area contributed by atoms with Crippen LogP contribution in [-0.4, -0.2) is 41.1 Å². The highest BCUT2D eigenvalue weighted by atomic mass is 19.1. The Bertz CT molecular complexity index is 1240. The Morgan fingerprint density at radius 1 is 0.781 bits per heavy atom. The van der Waals surface area contributed by atoms with E-state index in [1.807, 2.05) is 0 Å². The van der Waals surface area contributed by atoms with E-state index in [4.69, 9.17) is 9.84 Å². The van der Waals surface area contributed by atoms with Gasteiger partial charge in [-0.15, -0.1) is 0 Å². The molecule has 0 saturated heterocycles. The molecule has 0 aliphatic heterocycles. The largest absolute Gasteiger partial charge is 0.478 e. The van der Waals surface area contributed by atoms with Crippen molar-refractivity contribution in [2.75, 3.05) is 12.4 Å². The highest BCUT2D eigenvalue weighted by Gasteiger charge is 2.21. The fraction of sp³-hybridized carbons (Fsp3) is 0.0435. The Morgan fingerprint density at radius 2 is 1.41 bits per heavy atom. The van der Waals surface area contributed by atoms with Gasteiger partial charge in [-0.3, -0.25) is 4.79 Å². The second-order valence-corrected chi connectivity index (χ2v) is 6.58. The lowest BCUT2D eigenvalue weighted by atomic mass is 10.0. The van der Waals surface area contributed by atoms with Crippen LogP contribution in [0.2, 0.25) is 0 Å². The molecule has 0 radical (unpaired) electrons. The molecule has 3 N–H and O–H groups in total. The number of esters is 1. The summed E-state index contributed by atoms with van der Waals surface area (Å²) in [5.41, 5.74) is 0.0748. The molecule has 0 bridgehead atoms. The summed E-state index contributed by atoms with van der Waals surface area (Å²) in [5, 5.41) is 21.0. The molecule has 0 heterocycles. The van der Waals surface area contributed by atoms with Gasteiger partial charge in [0.05, 0.1) is 35.1 Å². The predicted octanol–water partition coefficient (Wildman–Crippen LogP) is 3.93. The van der Waals surface area contributed by atoms with Crippen LogP contribution in [0.15, 0.2) is 60.7 Å². The Balaban J connectivity index is 2.04. The van der Waals surface area contributed by atoms with Gasteiger partial charge in [-0.1, -0.05) is 18.2 Å². The third-order valence-electron chi connectivity index (χ3n) is 4.59. The van der Waals surface area contributed by atoms with Crippen molar-refractivity contribution in [1.29, 1.82) is 0 Å². The van der Waals surface area contributed by atoms with E-state index in [9.17, 15) is 28.7 Å². The number of carbonyl (C=O) groups excluding carboxylic acids is 2. The van der Waals surface area contributed by atoms with Crippen molar-refractivity contribution in [3.8, 4) is 11.1 Å². The quantitative estimate of drug-likeness (QED) is 0.498. The summed E-state index contributed by atoms with van der Waals surface area (Å²) in [7, 11) is 1.16. The van der Waals surface area contributed by atoms with Crippen LogP contribution in [0.4, 0.5) is 10.1 Å². The fourth-order valence-electron chi connectivity index (χ4n) is 3.00.